The Morgan fingerprint density at radius 1 is 1.33 bits per heavy atom. The second kappa shape index (κ2) is 8.61. The molecule has 0 amide bonds. The number of aryl methyl sites for hydroxylation is 1. The molecule has 0 fully saturated rings. The van der Waals surface area contributed by atoms with E-state index < -0.39 is 22.0 Å². The average Bonchev–Trinajstić information content (AvgIpc) is 3.03. The molecule has 0 spiro atoms. The van der Waals surface area contributed by atoms with Gasteiger partial charge in [0, 0.05) is 13.6 Å². The lowest BCUT2D eigenvalue weighted by molar-refractivity contribution is -0.142. The third-order valence-corrected chi connectivity index (χ3v) is 7.52. The van der Waals surface area contributed by atoms with Crippen LogP contribution in [0.2, 0.25) is 0 Å². The number of imidazole rings is 1. The fourth-order valence-corrected chi connectivity index (χ4v) is 5.11. The molecule has 162 valence electrons. The van der Waals surface area contributed by atoms with Crippen molar-refractivity contribution < 1.29 is 18.3 Å². The third-order valence-electron chi connectivity index (χ3n) is 5.67. The maximum Gasteiger partial charge on any atom is 0.322 e. The molecule has 3 rings (SSSR count). The largest absolute Gasteiger partial charge is 0.480 e. The van der Waals surface area contributed by atoms with Crippen LogP contribution < -0.4 is 5.32 Å². The molecule has 0 saturated carbocycles. The van der Waals surface area contributed by atoms with Crippen molar-refractivity contribution in [2.24, 2.45) is 5.92 Å². The Kier molecular flexibility index (Phi) is 6.33. The normalized spacial score (nSPS) is 15.5. The highest BCUT2D eigenvalue weighted by molar-refractivity contribution is 7.89. The first-order valence-corrected chi connectivity index (χ1v) is 11.4. The number of fused-ring (bicyclic) bond motifs is 1. The summed E-state index contributed by atoms with van der Waals surface area (Å²) < 4.78 is 29.1. The monoisotopic (exact) mass is 432 g/mol. The van der Waals surface area contributed by atoms with Gasteiger partial charge in [0.05, 0.1) is 22.8 Å². The third kappa shape index (κ3) is 4.13. The van der Waals surface area contributed by atoms with Crippen molar-refractivity contribution in [3.63, 3.8) is 0 Å². The van der Waals surface area contributed by atoms with Gasteiger partial charge in [0.15, 0.2) is 0 Å². The summed E-state index contributed by atoms with van der Waals surface area (Å²) in [6.07, 6.45) is 4.43. The van der Waals surface area contributed by atoms with Crippen LogP contribution in [0.25, 0.3) is 6.08 Å². The summed E-state index contributed by atoms with van der Waals surface area (Å²) in [6, 6.07) is 5.48. The molecule has 2 atom stereocenters. The fraction of sp³-hybridized carbons (Fsp3) is 0.429. The van der Waals surface area contributed by atoms with Crippen molar-refractivity contribution in [1.29, 1.82) is 0 Å². The van der Waals surface area contributed by atoms with Crippen molar-refractivity contribution in [1.82, 2.24) is 19.2 Å². The molecule has 1 aliphatic heterocycles. The molecule has 1 aromatic heterocycles. The number of sulfonamides is 1. The molecule has 1 aliphatic rings. The van der Waals surface area contributed by atoms with Gasteiger partial charge in [-0.2, -0.15) is 4.31 Å². The van der Waals surface area contributed by atoms with Crippen LogP contribution >= 0.6 is 0 Å². The van der Waals surface area contributed by atoms with E-state index in [1.807, 2.05) is 26.1 Å². The van der Waals surface area contributed by atoms with E-state index in [2.05, 4.69) is 14.9 Å². The lowest BCUT2D eigenvalue weighted by atomic mass is 10.00. The van der Waals surface area contributed by atoms with Gasteiger partial charge in [-0.15, -0.1) is 0 Å². The van der Waals surface area contributed by atoms with Crippen molar-refractivity contribution >= 4 is 22.1 Å². The smallest absolute Gasteiger partial charge is 0.322 e. The number of likely N-dealkylation sites (N-methyl/N-ethyl adjacent to an activating group) is 1. The number of carbonyl (C=O) groups is 1. The molecular formula is C21H28N4O4S. The molecule has 2 heterocycles. The molecule has 0 radical (unpaired) electrons. The summed E-state index contributed by atoms with van der Waals surface area (Å²) in [6.45, 7) is 6.79. The first-order chi connectivity index (χ1) is 14.2. The number of aromatic nitrogens is 2. The van der Waals surface area contributed by atoms with Crippen molar-refractivity contribution in [2.45, 2.75) is 51.2 Å². The highest BCUT2D eigenvalue weighted by atomic mass is 32.2. The second-order valence-corrected chi connectivity index (χ2v) is 9.62. The molecule has 8 nitrogen and oxygen atoms in total. The first kappa shape index (κ1) is 22.0. The molecule has 0 bridgehead atoms. The summed E-state index contributed by atoms with van der Waals surface area (Å²) in [5, 5.41) is 12.7. The molecule has 0 aliphatic carbocycles. The zero-order valence-electron chi connectivity index (χ0n) is 17.7. The second-order valence-electron chi connectivity index (χ2n) is 7.63. The van der Waals surface area contributed by atoms with Gasteiger partial charge in [0.25, 0.3) is 0 Å². The summed E-state index contributed by atoms with van der Waals surface area (Å²) >= 11 is 0. The fourth-order valence-electron chi connectivity index (χ4n) is 3.70. The minimum absolute atomic E-state index is 0.0804. The molecule has 9 heteroatoms. The van der Waals surface area contributed by atoms with Crippen LogP contribution in [0.15, 0.2) is 35.4 Å². The highest BCUT2D eigenvalue weighted by Crippen LogP contribution is 2.24. The SMILES string of the molecule is CC[C@H](C)[C@@H](C(=O)O)N(C)S(=O)(=O)c1ccc(Cn2c(C)nc3c2C=CNC3)cc1. The zero-order chi connectivity index (χ0) is 22.1. The predicted octanol–water partition coefficient (Wildman–Crippen LogP) is 2.43. The number of benzene rings is 1. The van der Waals surface area contributed by atoms with E-state index in [-0.39, 0.29) is 10.8 Å². The Hall–Kier alpha value is -2.65. The van der Waals surface area contributed by atoms with E-state index in [0.717, 1.165) is 27.1 Å². The van der Waals surface area contributed by atoms with Gasteiger partial charge >= 0.3 is 5.97 Å². The lowest BCUT2D eigenvalue weighted by Gasteiger charge is -2.28. The van der Waals surface area contributed by atoms with Gasteiger partial charge < -0.3 is 15.0 Å². The highest BCUT2D eigenvalue weighted by Gasteiger charge is 2.36. The van der Waals surface area contributed by atoms with Gasteiger partial charge in [-0.25, -0.2) is 13.4 Å². The van der Waals surface area contributed by atoms with Crippen LogP contribution in [0.5, 0.6) is 0 Å². The predicted molar refractivity (Wildman–Crippen MR) is 114 cm³/mol. The maximum atomic E-state index is 13.0. The van der Waals surface area contributed by atoms with E-state index in [4.69, 9.17) is 0 Å². The number of rotatable bonds is 8. The van der Waals surface area contributed by atoms with Crippen molar-refractivity contribution in [3.05, 3.63) is 53.2 Å². The number of carboxylic acid groups (broad SMARTS) is 1. The molecule has 2 aromatic rings. The molecule has 1 aromatic carbocycles. The number of nitrogens with zero attached hydrogens (tertiary/aromatic N) is 3. The van der Waals surface area contributed by atoms with Gasteiger partial charge in [0.2, 0.25) is 10.0 Å². The minimum atomic E-state index is -3.93. The minimum Gasteiger partial charge on any atom is -0.480 e. The molecule has 2 N–H and O–H groups in total. The molecule has 0 unspecified atom stereocenters. The summed E-state index contributed by atoms with van der Waals surface area (Å²) in [5.41, 5.74) is 2.96. The Labute approximate surface area is 177 Å². The summed E-state index contributed by atoms with van der Waals surface area (Å²) in [7, 11) is -2.60. The van der Waals surface area contributed by atoms with Gasteiger partial charge in [-0.1, -0.05) is 32.4 Å². The van der Waals surface area contributed by atoms with Crippen molar-refractivity contribution in [3.8, 4) is 0 Å². The average molecular weight is 433 g/mol. The van der Waals surface area contributed by atoms with Crippen LogP contribution in [0.4, 0.5) is 0 Å². The standard InChI is InChI=1S/C21H28N4O4S/c1-5-14(2)20(21(26)27)24(4)30(28,29)17-8-6-16(7-9-17)13-25-15(3)23-18-12-22-11-10-19(18)25/h6-11,14,20,22H,5,12-13H2,1-4H3,(H,26,27)/t14-,20-/m0/s1. The van der Waals surface area contributed by atoms with Crippen LogP contribution in [0, 0.1) is 12.8 Å². The zero-order valence-corrected chi connectivity index (χ0v) is 18.5. The summed E-state index contributed by atoms with van der Waals surface area (Å²) in [4.78, 5) is 16.3. The van der Waals surface area contributed by atoms with Crippen LogP contribution in [-0.2, 0) is 27.9 Å². The van der Waals surface area contributed by atoms with Gasteiger partial charge in [-0.3, -0.25) is 4.79 Å². The van der Waals surface area contributed by atoms with Gasteiger partial charge in [0.1, 0.15) is 11.9 Å². The Morgan fingerprint density at radius 2 is 2.00 bits per heavy atom. The number of hydrogen-bond donors (Lipinski definition) is 2. The summed E-state index contributed by atoms with van der Waals surface area (Å²) in [5.74, 6) is -0.558. The Morgan fingerprint density at radius 3 is 2.60 bits per heavy atom. The molecule has 30 heavy (non-hydrogen) atoms. The molecule has 0 saturated heterocycles. The number of nitrogens with one attached hydrogen (secondary N) is 1. The number of carboxylic acids is 1. The van der Waals surface area contributed by atoms with E-state index in [9.17, 15) is 18.3 Å². The van der Waals surface area contributed by atoms with Crippen LogP contribution in [0.3, 0.4) is 0 Å². The Bertz CT molecular complexity index is 1060. The number of aliphatic carboxylic acids is 1. The topological polar surface area (TPSA) is 105 Å². The molecular weight excluding hydrogens is 404 g/mol. The van der Waals surface area contributed by atoms with E-state index in [1.165, 1.54) is 19.2 Å². The number of hydrogen-bond acceptors (Lipinski definition) is 5. The van der Waals surface area contributed by atoms with E-state index in [0.29, 0.717) is 19.5 Å². The quantitative estimate of drug-likeness (QED) is 0.664. The van der Waals surface area contributed by atoms with E-state index >= 15 is 0 Å². The van der Waals surface area contributed by atoms with Gasteiger partial charge in [-0.05, 0) is 42.8 Å². The lowest BCUT2D eigenvalue weighted by Crippen LogP contribution is -2.46. The van der Waals surface area contributed by atoms with Crippen LogP contribution in [0.1, 0.15) is 43.0 Å². The Balaban J connectivity index is 1.84. The van der Waals surface area contributed by atoms with Crippen molar-refractivity contribution in [2.75, 3.05) is 7.05 Å². The van der Waals surface area contributed by atoms with Crippen LogP contribution in [-0.4, -0.2) is 46.4 Å². The maximum absolute atomic E-state index is 13.0. The first-order valence-electron chi connectivity index (χ1n) is 9.92. The van der Waals surface area contributed by atoms with E-state index in [1.54, 1.807) is 19.1 Å².